The van der Waals surface area contributed by atoms with Gasteiger partial charge in [0.2, 0.25) is 0 Å². The molecule has 1 aromatic carbocycles. The van der Waals surface area contributed by atoms with Crippen LogP contribution in [-0.2, 0) is 15.7 Å². The lowest BCUT2D eigenvalue weighted by Crippen LogP contribution is -2.26. The fraction of sp³-hybridized carbons (Fsp3) is 0.250. The van der Waals surface area contributed by atoms with E-state index in [2.05, 4.69) is 5.09 Å². The van der Waals surface area contributed by atoms with Gasteiger partial charge in [0, 0.05) is 6.54 Å². The van der Waals surface area contributed by atoms with E-state index >= 15 is 0 Å². The lowest BCUT2D eigenvalue weighted by molar-refractivity contribution is 0.447. The number of alkyl halides is 2. The molecule has 1 rings (SSSR count). The first-order valence-corrected chi connectivity index (χ1v) is 8.83. The molecule has 10 heteroatoms. The number of benzene rings is 1. The molecule has 0 saturated carbocycles. The molecule has 2 atom stereocenters. The molecule has 0 heterocycles. The van der Waals surface area contributed by atoms with Crippen LogP contribution in [0, 0.1) is 0 Å². The molecule has 0 aliphatic rings. The predicted molar refractivity (Wildman–Crippen MR) is 71.6 cm³/mol. The molecule has 0 saturated heterocycles. The lowest BCUT2D eigenvalue weighted by Gasteiger charge is -2.27. The van der Waals surface area contributed by atoms with Gasteiger partial charge in [-0.2, -0.15) is 0 Å². The smallest absolute Gasteiger partial charge is 0.314 e. The normalized spacial score (nSPS) is 18.9. The fourth-order valence-corrected chi connectivity index (χ4v) is 3.80. The highest BCUT2D eigenvalue weighted by Crippen LogP contribution is 2.72. The second-order valence-corrected chi connectivity index (χ2v) is 10.3. The van der Waals surface area contributed by atoms with Crippen molar-refractivity contribution < 1.29 is 18.9 Å². The van der Waals surface area contributed by atoms with Crippen molar-refractivity contribution in [2.75, 3.05) is 0 Å². The minimum absolute atomic E-state index is 0.0458. The molecular weight excluding hydrogens is 321 g/mol. The fourth-order valence-electron chi connectivity index (χ4n) is 1.08. The Labute approximate surface area is 114 Å². The maximum Gasteiger partial charge on any atom is 0.314 e. The summed E-state index contributed by atoms with van der Waals surface area (Å²) in [6.07, 6.45) is 0. The molecule has 0 aliphatic carbocycles. The maximum absolute atomic E-state index is 11.8. The average Bonchev–Trinajstić information content (AvgIpc) is 2.26. The molecule has 5 N–H and O–H groups in total. The zero-order valence-corrected chi connectivity index (χ0v) is 12.3. The Morgan fingerprint density at radius 2 is 1.72 bits per heavy atom. The van der Waals surface area contributed by atoms with Crippen molar-refractivity contribution >= 4 is 38.2 Å². The average molecular weight is 333 g/mol. The number of hydrogen-bond acceptors (Lipinski definition) is 2. The second-order valence-electron chi connectivity index (χ2n) is 3.53. The quantitative estimate of drug-likeness (QED) is 0.485. The van der Waals surface area contributed by atoms with E-state index < -0.39 is 18.9 Å². The Kier molecular flexibility index (Phi) is 5.04. The van der Waals surface area contributed by atoms with Gasteiger partial charge in [0.1, 0.15) is 0 Å². The Bertz CT molecular complexity index is 505. The summed E-state index contributed by atoms with van der Waals surface area (Å²) in [5.74, 6) is 0. The monoisotopic (exact) mass is 332 g/mol. The number of rotatable bonds is 5. The van der Waals surface area contributed by atoms with Gasteiger partial charge in [-0.05, 0) is 5.56 Å². The highest BCUT2D eigenvalue weighted by Gasteiger charge is 2.57. The molecule has 102 valence electrons. The third kappa shape index (κ3) is 3.56. The summed E-state index contributed by atoms with van der Waals surface area (Å²) in [5.41, 5.74) is 5.52. The summed E-state index contributed by atoms with van der Waals surface area (Å²) in [6.45, 7) is -0.0458. The van der Waals surface area contributed by atoms with Gasteiger partial charge in [0.05, 0.1) is 0 Å². The van der Waals surface area contributed by atoms with Crippen LogP contribution in [0.1, 0.15) is 5.56 Å². The van der Waals surface area contributed by atoms with Crippen LogP contribution < -0.4 is 10.6 Å². The molecule has 0 radical (unpaired) electrons. The standard InChI is InChI=1S/C8H12Cl2N2O4P2/c9-8(10,17(11,13)14)18(15,16)12-6-7-4-2-1-3-5-7/h1-5H,6H2,(H3,11,13,14)(H2,12,15,16). The third-order valence-electron chi connectivity index (χ3n) is 2.09. The van der Waals surface area contributed by atoms with Gasteiger partial charge in [0.15, 0.2) is 0 Å². The molecular formula is C8H12Cl2N2O4P2. The van der Waals surface area contributed by atoms with Crippen LogP contribution in [0.15, 0.2) is 30.3 Å². The van der Waals surface area contributed by atoms with Gasteiger partial charge in [0.25, 0.3) is 3.82 Å². The first kappa shape index (κ1) is 16.2. The van der Waals surface area contributed by atoms with Gasteiger partial charge < -0.3 is 9.79 Å². The number of nitrogens with one attached hydrogen (secondary N) is 1. The van der Waals surface area contributed by atoms with Gasteiger partial charge in [-0.15, -0.1) is 0 Å². The van der Waals surface area contributed by atoms with Gasteiger partial charge >= 0.3 is 15.0 Å². The van der Waals surface area contributed by atoms with Crippen LogP contribution in [0.3, 0.4) is 0 Å². The lowest BCUT2D eigenvalue weighted by atomic mass is 10.2. The van der Waals surface area contributed by atoms with E-state index in [4.69, 9.17) is 33.6 Å². The van der Waals surface area contributed by atoms with Gasteiger partial charge in [-0.1, -0.05) is 53.5 Å². The SMILES string of the molecule is NP(=O)(O)C(Cl)(Cl)P(=O)(O)NCc1ccccc1. The summed E-state index contributed by atoms with van der Waals surface area (Å²) >= 11 is 10.8. The van der Waals surface area contributed by atoms with E-state index in [1.165, 1.54) is 0 Å². The van der Waals surface area contributed by atoms with Crippen LogP contribution in [0.5, 0.6) is 0 Å². The minimum Gasteiger partial charge on any atom is -0.331 e. The van der Waals surface area contributed by atoms with E-state index in [1.54, 1.807) is 30.3 Å². The molecule has 0 amide bonds. The molecule has 2 unspecified atom stereocenters. The zero-order chi connectivity index (χ0) is 14.0. The summed E-state index contributed by atoms with van der Waals surface area (Å²) in [5, 5.41) is 2.16. The summed E-state index contributed by atoms with van der Waals surface area (Å²) in [4.78, 5) is 18.7. The van der Waals surface area contributed by atoms with Crippen LogP contribution in [-0.4, -0.2) is 13.6 Å². The van der Waals surface area contributed by atoms with E-state index in [9.17, 15) is 14.0 Å². The number of hydrogen-bond donors (Lipinski definition) is 4. The molecule has 0 aromatic heterocycles. The number of halogens is 2. The van der Waals surface area contributed by atoms with E-state index in [-0.39, 0.29) is 6.54 Å². The zero-order valence-electron chi connectivity index (χ0n) is 9.03. The maximum atomic E-state index is 11.8. The topological polar surface area (TPSA) is 113 Å². The van der Waals surface area contributed by atoms with Crippen molar-refractivity contribution in [3.05, 3.63) is 35.9 Å². The van der Waals surface area contributed by atoms with Gasteiger partial charge in [-0.25, -0.2) is 5.09 Å². The molecule has 0 fully saturated rings. The molecule has 6 nitrogen and oxygen atoms in total. The Hall–Kier alpha value is 0.1000. The van der Waals surface area contributed by atoms with E-state index in [0.29, 0.717) is 5.56 Å². The van der Waals surface area contributed by atoms with Crippen molar-refractivity contribution in [1.82, 2.24) is 5.09 Å². The molecule has 18 heavy (non-hydrogen) atoms. The van der Waals surface area contributed by atoms with Crippen LogP contribution >= 0.6 is 38.2 Å². The highest BCUT2D eigenvalue weighted by atomic mass is 35.5. The Morgan fingerprint density at radius 3 is 2.17 bits per heavy atom. The highest BCUT2D eigenvalue weighted by molar-refractivity contribution is 7.81. The van der Waals surface area contributed by atoms with Crippen molar-refractivity contribution in [3.63, 3.8) is 0 Å². The Morgan fingerprint density at radius 1 is 1.22 bits per heavy atom. The van der Waals surface area contributed by atoms with Crippen molar-refractivity contribution in [1.29, 1.82) is 0 Å². The molecule has 0 spiro atoms. The molecule has 0 bridgehead atoms. The summed E-state index contributed by atoms with van der Waals surface area (Å²) in [6, 6.07) is 8.62. The third-order valence-corrected chi connectivity index (χ3v) is 8.68. The summed E-state index contributed by atoms with van der Waals surface area (Å²) < 4.78 is 20.2. The van der Waals surface area contributed by atoms with Crippen LogP contribution in [0.2, 0.25) is 0 Å². The van der Waals surface area contributed by atoms with Crippen LogP contribution in [0.25, 0.3) is 0 Å². The van der Waals surface area contributed by atoms with Crippen LogP contribution in [0.4, 0.5) is 0 Å². The predicted octanol–water partition coefficient (Wildman–Crippen LogP) is 2.19. The number of nitrogens with two attached hydrogens (primary N) is 1. The summed E-state index contributed by atoms with van der Waals surface area (Å²) in [7, 11) is -9.20. The largest absolute Gasteiger partial charge is 0.331 e. The Balaban J connectivity index is 2.84. The first-order chi connectivity index (χ1) is 8.08. The van der Waals surface area contributed by atoms with E-state index in [1.807, 2.05) is 0 Å². The minimum atomic E-state index is -4.66. The van der Waals surface area contributed by atoms with E-state index in [0.717, 1.165) is 0 Å². The van der Waals surface area contributed by atoms with Crippen molar-refractivity contribution in [2.24, 2.45) is 5.50 Å². The molecule has 0 aliphatic heterocycles. The van der Waals surface area contributed by atoms with Gasteiger partial charge in [-0.3, -0.25) is 14.6 Å². The first-order valence-electron chi connectivity index (χ1n) is 4.69. The van der Waals surface area contributed by atoms with Crippen molar-refractivity contribution in [2.45, 2.75) is 10.4 Å². The van der Waals surface area contributed by atoms with Crippen molar-refractivity contribution in [3.8, 4) is 0 Å². The molecule has 1 aromatic rings. The second kappa shape index (κ2) is 5.61.